The van der Waals surface area contributed by atoms with Gasteiger partial charge in [0.15, 0.2) is 5.90 Å². The molecule has 0 aliphatic carbocycles. The van der Waals surface area contributed by atoms with Crippen LogP contribution >= 0.6 is 12.4 Å². The van der Waals surface area contributed by atoms with E-state index in [1.807, 2.05) is 6.92 Å². The normalized spacial score (nSPS) is 7.25. The molecule has 2 nitrogen and oxygen atoms in total. The number of nitrogens with one attached hydrogen (secondary N) is 1. The molecular weight excluding hydrogens is 126 g/mol. The topological polar surface area (TPSA) is 33.1 Å². The van der Waals surface area contributed by atoms with Gasteiger partial charge in [0.05, 0.1) is 7.11 Å². The molecule has 1 N–H and O–H groups in total. The largest absolute Gasteiger partial charge is 0.484 e. The highest BCUT2D eigenvalue weighted by molar-refractivity contribution is 5.85. The van der Waals surface area contributed by atoms with Crippen molar-refractivity contribution in [3.05, 3.63) is 0 Å². The Balaban J connectivity index is 0. The van der Waals surface area contributed by atoms with Crippen molar-refractivity contribution in [1.82, 2.24) is 0 Å². The molecule has 50 valence electrons. The van der Waals surface area contributed by atoms with Crippen molar-refractivity contribution < 1.29 is 4.74 Å². The van der Waals surface area contributed by atoms with E-state index in [4.69, 9.17) is 5.41 Å². The van der Waals surface area contributed by atoms with Crippen LogP contribution in [0.5, 0.6) is 0 Å². The minimum absolute atomic E-state index is 0. The summed E-state index contributed by atoms with van der Waals surface area (Å²) in [6, 6.07) is 0. The fraction of sp³-hybridized carbons (Fsp3) is 0.800. The molecule has 0 aromatic rings. The summed E-state index contributed by atoms with van der Waals surface area (Å²) in [5.74, 6) is 0.377. The van der Waals surface area contributed by atoms with Gasteiger partial charge in [-0.25, -0.2) is 0 Å². The average Bonchev–Trinajstić information content (AvgIpc) is 1.68. The Morgan fingerprint density at radius 2 is 2.12 bits per heavy atom. The quantitative estimate of drug-likeness (QED) is 0.457. The van der Waals surface area contributed by atoms with Crippen LogP contribution in [0.2, 0.25) is 0 Å². The Kier molecular flexibility index (Phi) is 9.03. The van der Waals surface area contributed by atoms with Crippen LogP contribution in [0.1, 0.15) is 19.8 Å². The fourth-order valence-electron chi connectivity index (χ4n) is 0.329. The molecule has 0 aliphatic heterocycles. The average molecular weight is 138 g/mol. The molecular formula is C5H12ClNO. The number of halogens is 1. The summed E-state index contributed by atoms with van der Waals surface area (Å²) in [6.07, 6.45) is 1.75. The lowest BCUT2D eigenvalue weighted by atomic mass is 10.3. The van der Waals surface area contributed by atoms with Crippen LogP contribution in [-0.2, 0) is 4.74 Å². The van der Waals surface area contributed by atoms with E-state index in [1.165, 1.54) is 7.11 Å². The zero-order chi connectivity index (χ0) is 5.70. The molecule has 3 heteroatoms. The molecule has 0 aliphatic rings. The second-order valence-electron chi connectivity index (χ2n) is 1.38. The fourth-order valence-corrected chi connectivity index (χ4v) is 0.329. The summed E-state index contributed by atoms with van der Waals surface area (Å²) in [5, 5.41) is 6.92. The van der Waals surface area contributed by atoms with E-state index in [0.717, 1.165) is 12.8 Å². The third kappa shape index (κ3) is 5.76. The first-order chi connectivity index (χ1) is 3.31. The first-order valence-corrected chi connectivity index (χ1v) is 2.42. The first-order valence-electron chi connectivity index (χ1n) is 2.42. The monoisotopic (exact) mass is 137 g/mol. The molecule has 0 heterocycles. The van der Waals surface area contributed by atoms with E-state index in [9.17, 15) is 0 Å². The van der Waals surface area contributed by atoms with Crippen molar-refractivity contribution in [1.29, 1.82) is 5.41 Å². The highest BCUT2D eigenvalue weighted by Gasteiger charge is 1.87. The van der Waals surface area contributed by atoms with Crippen molar-refractivity contribution in [2.75, 3.05) is 7.11 Å². The zero-order valence-corrected chi connectivity index (χ0v) is 6.05. The van der Waals surface area contributed by atoms with Gasteiger partial charge in [0.1, 0.15) is 0 Å². The standard InChI is InChI=1S/C5H11NO.ClH/c1-3-4-5(6)7-2;/h6H,3-4H2,1-2H3;1H. The van der Waals surface area contributed by atoms with Crippen LogP contribution in [0.25, 0.3) is 0 Å². The zero-order valence-electron chi connectivity index (χ0n) is 5.23. The van der Waals surface area contributed by atoms with E-state index in [-0.39, 0.29) is 12.4 Å². The van der Waals surface area contributed by atoms with Crippen molar-refractivity contribution in [2.24, 2.45) is 0 Å². The predicted molar refractivity (Wildman–Crippen MR) is 36.9 cm³/mol. The van der Waals surface area contributed by atoms with Crippen LogP contribution in [0, 0.1) is 5.41 Å². The Labute approximate surface area is 56.2 Å². The Hall–Kier alpha value is -0.240. The highest BCUT2D eigenvalue weighted by atomic mass is 35.5. The van der Waals surface area contributed by atoms with Gasteiger partial charge in [-0.05, 0) is 6.42 Å². The van der Waals surface area contributed by atoms with E-state index in [0.29, 0.717) is 5.90 Å². The van der Waals surface area contributed by atoms with E-state index in [2.05, 4.69) is 4.74 Å². The predicted octanol–water partition coefficient (Wildman–Crippen LogP) is 1.83. The van der Waals surface area contributed by atoms with Gasteiger partial charge in [0, 0.05) is 6.42 Å². The molecule has 0 amide bonds. The minimum atomic E-state index is 0. The van der Waals surface area contributed by atoms with E-state index in [1.54, 1.807) is 0 Å². The van der Waals surface area contributed by atoms with Gasteiger partial charge in [0.25, 0.3) is 0 Å². The van der Waals surface area contributed by atoms with Crippen LogP contribution < -0.4 is 0 Å². The smallest absolute Gasteiger partial charge is 0.179 e. The van der Waals surface area contributed by atoms with Crippen LogP contribution in [-0.4, -0.2) is 13.0 Å². The van der Waals surface area contributed by atoms with Gasteiger partial charge in [-0.15, -0.1) is 12.4 Å². The van der Waals surface area contributed by atoms with Gasteiger partial charge >= 0.3 is 0 Å². The summed E-state index contributed by atoms with van der Waals surface area (Å²) in [5.41, 5.74) is 0. The summed E-state index contributed by atoms with van der Waals surface area (Å²) >= 11 is 0. The Morgan fingerprint density at radius 3 is 2.25 bits per heavy atom. The number of hydrogen-bond acceptors (Lipinski definition) is 2. The van der Waals surface area contributed by atoms with Crippen molar-refractivity contribution in [3.8, 4) is 0 Å². The third-order valence-electron chi connectivity index (χ3n) is 0.723. The maximum atomic E-state index is 6.92. The second kappa shape index (κ2) is 6.76. The minimum Gasteiger partial charge on any atom is -0.484 e. The second-order valence-corrected chi connectivity index (χ2v) is 1.38. The molecule has 0 unspecified atom stereocenters. The number of rotatable bonds is 2. The first kappa shape index (κ1) is 10.7. The lowest BCUT2D eigenvalue weighted by Crippen LogP contribution is -1.96. The maximum absolute atomic E-state index is 6.92. The van der Waals surface area contributed by atoms with Crippen molar-refractivity contribution in [3.63, 3.8) is 0 Å². The van der Waals surface area contributed by atoms with Crippen LogP contribution in [0.4, 0.5) is 0 Å². The lowest BCUT2D eigenvalue weighted by Gasteiger charge is -1.95. The van der Waals surface area contributed by atoms with Gasteiger partial charge < -0.3 is 4.74 Å². The third-order valence-corrected chi connectivity index (χ3v) is 0.723. The number of hydrogen-bond donors (Lipinski definition) is 1. The molecule has 0 aromatic carbocycles. The van der Waals surface area contributed by atoms with Gasteiger partial charge in [0.2, 0.25) is 0 Å². The Morgan fingerprint density at radius 1 is 1.62 bits per heavy atom. The molecule has 0 spiro atoms. The van der Waals surface area contributed by atoms with Gasteiger partial charge in [-0.3, -0.25) is 5.41 Å². The maximum Gasteiger partial charge on any atom is 0.179 e. The van der Waals surface area contributed by atoms with E-state index < -0.39 is 0 Å². The molecule has 0 saturated heterocycles. The van der Waals surface area contributed by atoms with Crippen LogP contribution in [0.3, 0.4) is 0 Å². The molecule has 8 heavy (non-hydrogen) atoms. The molecule has 0 radical (unpaired) electrons. The number of methoxy groups -OCH3 is 1. The van der Waals surface area contributed by atoms with E-state index >= 15 is 0 Å². The summed E-state index contributed by atoms with van der Waals surface area (Å²) < 4.78 is 4.57. The summed E-state index contributed by atoms with van der Waals surface area (Å²) in [7, 11) is 1.53. The molecule has 0 bridgehead atoms. The molecule has 0 atom stereocenters. The van der Waals surface area contributed by atoms with Crippen LogP contribution in [0.15, 0.2) is 0 Å². The highest BCUT2D eigenvalue weighted by Crippen LogP contribution is 1.87. The van der Waals surface area contributed by atoms with Gasteiger partial charge in [-0.1, -0.05) is 6.92 Å². The van der Waals surface area contributed by atoms with Crippen molar-refractivity contribution in [2.45, 2.75) is 19.8 Å². The summed E-state index contributed by atoms with van der Waals surface area (Å²) in [6.45, 7) is 2.02. The Bertz CT molecular complexity index is 65.4. The SMILES string of the molecule is CCCC(=N)OC.Cl. The number of ether oxygens (including phenoxy) is 1. The lowest BCUT2D eigenvalue weighted by molar-refractivity contribution is 0.385. The van der Waals surface area contributed by atoms with Crippen molar-refractivity contribution >= 4 is 18.3 Å². The molecule has 0 fully saturated rings. The molecule has 0 aromatic heterocycles. The molecule has 0 saturated carbocycles. The van der Waals surface area contributed by atoms with Gasteiger partial charge in [-0.2, -0.15) is 0 Å². The molecule has 0 rings (SSSR count). The summed E-state index contributed by atoms with van der Waals surface area (Å²) in [4.78, 5) is 0.